The Balaban J connectivity index is 1.55. The van der Waals surface area contributed by atoms with Crippen molar-refractivity contribution < 1.29 is 24.0 Å². The topological polar surface area (TPSA) is 154 Å². The van der Waals surface area contributed by atoms with Crippen molar-refractivity contribution in [3.63, 3.8) is 0 Å². The summed E-state index contributed by atoms with van der Waals surface area (Å²) in [4.78, 5) is 66.1. The van der Waals surface area contributed by atoms with E-state index in [0.29, 0.717) is 45.3 Å². The molecule has 11 heteroatoms. The Bertz CT molecular complexity index is 804. The number of nitrogens with zero attached hydrogens (tertiary/aromatic N) is 2. The molecule has 0 bridgehead atoms. The fourth-order valence-electron chi connectivity index (χ4n) is 5.27. The Kier molecular flexibility index (Phi) is 9.47. The number of hydrogen-bond donors (Lipinski definition) is 4. The zero-order valence-corrected chi connectivity index (χ0v) is 20.9. The lowest BCUT2D eigenvalue weighted by Crippen LogP contribution is -2.55. The number of nitrogens with two attached hydrogens (primary N) is 1. The van der Waals surface area contributed by atoms with E-state index in [1.807, 2.05) is 18.7 Å². The van der Waals surface area contributed by atoms with Gasteiger partial charge in [0, 0.05) is 25.6 Å². The molecule has 0 saturated carbocycles. The van der Waals surface area contributed by atoms with Gasteiger partial charge in [-0.25, -0.2) is 0 Å². The highest BCUT2D eigenvalue weighted by Crippen LogP contribution is 2.26. The molecule has 3 heterocycles. The van der Waals surface area contributed by atoms with Crippen LogP contribution < -0.4 is 21.7 Å². The Morgan fingerprint density at radius 2 is 1.69 bits per heavy atom. The molecule has 3 aliphatic rings. The molecule has 3 atom stereocenters. The number of amides is 5. The quantitative estimate of drug-likeness (QED) is 0.327. The van der Waals surface area contributed by atoms with Gasteiger partial charge >= 0.3 is 0 Å². The van der Waals surface area contributed by atoms with Gasteiger partial charge < -0.3 is 31.5 Å². The fourth-order valence-corrected chi connectivity index (χ4v) is 5.27. The minimum Gasteiger partial charge on any atom is -0.368 e. The van der Waals surface area contributed by atoms with Gasteiger partial charge in [-0.05, 0) is 57.4 Å². The molecule has 3 aliphatic heterocycles. The van der Waals surface area contributed by atoms with Crippen molar-refractivity contribution in [2.45, 2.75) is 76.9 Å². The van der Waals surface area contributed by atoms with E-state index in [1.54, 1.807) is 4.90 Å². The zero-order valence-electron chi connectivity index (χ0n) is 20.9. The van der Waals surface area contributed by atoms with Crippen molar-refractivity contribution in [1.82, 2.24) is 25.8 Å². The van der Waals surface area contributed by atoms with E-state index in [2.05, 4.69) is 16.0 Å². The van der Waals surface area contributed by atoms with Gasteiger partial charge in [0.1, 0.15) is 12.1 Å². The van der Waals surface area contributed by atoms with Crippen LogP contribution >= 0.6 is 0 Å². The summed E-state index contributed by atoms with van der Waals surface area (Å²) in [5.41, 5.74) is 5.11. The van der Waals surface area contributed by atoms with E-state index in [4.69, 9.17) is 5.73 Å². The van der Waals surface area contributed by atoms with Gasteiger partial charge in [-0.1, -0.05) is 13.8 Å². The van der Waals surface area contributed by atoms with Crippen molar-refractivity contribution in [2.75, 3.05) is 32.7 Å². The van der Waals surface area contributed by atoms with Gasteiger partial charge in [0.25, 0.3) is 0 Å². The van der Waals surface area contributed by atoms with Crippen LogP contribution in [0.2, 0.25) is 0 Å². The number of rotatable bonds is 9. The number of carbonyl (C=O) groups excluding carboxylic acids is 5. The first-order chi connectivity index (χ1) is 16.7. The highest BCUT2D eigenvalue weighted by atomic mass is 16.2. The molecule has 0 radical (unpaired) electrons. The molecule has 0 aromatic carbocycles. The van der Waals surface area contributed by atoms with E-state index >= 15 is 0 Å². The predicted octanol–water partition coefficient (Wildman–Crippen LogP) is -0.900. The monoisotopic (exact) mass is 492 g/mol. The van der Waals surface area contributed by atoms with Crippen molar-refractivity contribution in [3.05, 3.63) is 0 Å². The standard InChI is InChI=1S/C24H40N6O5/c1-15(2)13-18(21(32)27-14-20(25)31)28-22(33)19-6-4-10-30(19)23(34)16-7-11-29(12-8-16)24(35)17-5-3-9-26-17/h15-19,26H,3-14H2,1-2H3,(H2,25,31)(H,27,32)(H,28,33)/t17-,18+,19-/m0/s1. The lowest BCUT2D eigenvalue weighted by molar-refractivity contribution is -0.145. The first-order valence-electron chi connectivity index (χ1n) is 12.9. The van der Waals surface area contributed by atoms with E-state index in [-0.39, 0.29) is 42.1 Å². The van der Waals surface area contributed by atoms with Crippen LogP contribution in [0.5, 0.6) is 0 Å². The molecule has 35 heavy (non-hydrogen) atoms. The molecule has 0 unspecified atom stereocenters. The smallest absolute Gasteiger partial charge is 0.243 e. The fraction of sp³-hybridized carbons (Fsp3) is 0.792. The van der Waals surface area contributed by atoms with Crippen LogP contribution in [0.15, 0.2) is 0 Å². The molecule has 3 rings (SSSR count). The third-order valence-corrected chi connectivity index (χ3v) is 7.13. The molecule has 3 saturated heterocycles. The third-order valence-electron chi connectivity index (χ3n) is 7.13. The summed E-state index contributed by atoms with van der Waals surface area (Å²) >= 11 is 0. The Morgan fingerprint density at radius 3 is 2.29 bits per heavy atom. The molecule has 0 aromatic rings. The third kappa shape index (κ3) is 7.16. The molecule has 5 N–H and O–H groups in total. The lowest BCUT2D eigenvalue weighted by atomic mass is 9.94. The van der Waals surface area contributed by atoms with Crippen molar-refractivity contribution in [1.29, 1.82) is 0 Å². The van der Waals surface area contributed by atoms with Crippen molar-refractivity contribution >= 4 is 29.5 Å². The lowest BCUT2D eigenvalue weighted by Gasteiger charge is -2.35. The normalized spacial score (nSPS) is 23.9. The molecular formula is C24H40N6O5. The van der Waals surface area contributed by atoms with Crippen molar-refractivity contribution in [2.24, 2.45) is 17.6 Å². The van der Waals surface area contributed by atoms with E-state index < -0.39 is 23.9 Å². The van der Waals surface area contributed by atoms with Gasteiger partial charge in [-0.2, -0.15) is 0 Å². The Morgan fingerprint density at radius 1 is 0.971 bits per heavy atom. The largest absolute Gasteiger partial charge is 0.368 e. The molecule has 0 aromatic heterocycles. The van der Waals surface area contributed by atoms with Crippen LogP contribution in [-0.2, 0) is 24.0 Å². The van der Waals surface area contributed by atoms with Crippen LogP contribution in [0.25, 0.3) is 0 Å². The summed E-state index contributed by atoms with van der Waals surface area (Å²) in [7, 11) is 0. The predicted molar refractivity (Wildman–Crippen MR) is 129 cm³/mol. The van der Waals surface area contributed by atoms with Gasteiger partial charge in [0.15, 0.2) is 0 Å². The second-order valence-electron chi connectivity index (χ2n) is 10.3. The molecule has 0 aliphatic carbocycles. The average Bonchev–Trinajstić information content (AvgIpc) is 3.53. The zero-order chi connectivity index (χ0) is 25.5. The maximum atomic E-state index is 13.3. The first-order valence-corrected chi connectivity index (χ1v) is 12.9. The summed E-state index contributed by atoms with van der Waals surface area (Å²) in [6.45, 7) is 6.05. The first kappa shape index (κ1) is 26.9. The minimum atomic E-state index is -0.808. The summed E-state index contributed by atoms with van der Waals surface area (Å²) in [5, 5.41) is 8.49. The van der Waals surface area contributed by atoms with Crippen LogP contribution in [-0.4, -0.2) is 90.2 Å². The molecule has 0 spiro atoms. The number of primary amides is 1. The number of nitrogens with one attached hydrogen (secondary N) is 3. The van der Waals surface area contributed by atoms with Crippen LogP contribution in [0.1, 0.15) is 58.8 Å². The number of hydrogen-bond acceptors (Lipinski definition) is 6. The summed E-state index contributed by atoms with van der Waals surface area (Å²) in [6.07, 6.45) is 4.71. The Labute approximate surface area is 206 Å². The van der Waals surface area contributed by atoms with Crippen LogP contribution in [0, 0.1) is 11.8 Å². The molecular weight excluding hydrogens is 452 g/mol. The maximum absolute atomic E-state index is 13.3. The second-order valence-corrected chi connectivity index (χ2v) is 10.3. The van der Waals surface area contributed by atoms with Crippen molar-refractivity contribution in [3.8, 4) is 0 Å². The molecule has 5 amide bonds. The minimum absolute atomic E-state index is 0.0488. The molecule has 11 nitrogen and oxygen atoms in total. The maximum Gasteiger partial charge on any atom is 0.243 e. The average molecular weight is 493 g/mol. The number of likely N-dealkylation sites (tertiary alicyclic amines) is 2. The van der Waals surface area contributed by atoms with E-state index in [9.17, 15) is 24.0 Å². The summed E-state index contributed by atoms with van der Waals surface area (Å²) in [6, 6.07) is -1.53. The second kappa shape index (κ2) is 12.3. The van der Waals surface area contributed by atoms with Gasteiger partial charge in [-0.3, -0.25) is 24.0 Å². The van der Waals surface area contributed by atoms with Crippen LogP contribution in [0.4, 0.5) is 0 Å². The van der Waals surface area contributed by atoms with Gasteiger partial charge in [0.2, 0.25) is 29.5 Å². The summed E-state index contributed by atoms with van der Waals surface area (Å²) < 4.78 is 0. The van der Waals surface area contributed by atoms with Crippen LogP contribution in [0.3, 0.4) is 0 Å². The van der Waals surface area contributed by atoms with Gasteiger partial charge in [-0.15, -0.1) is 0 Å². The highest BCUT2D eigenvalue weighted by Gasteiger charge is 2.40. The Hall–Kier alpha value is -2.69. The molecule has 196 valence electrons. The molecule has 3 fully saturated rings. The summed E-state index contributed by atoms with van der Waals surface area (Å²) in [5.74, 6) is -1.48. The number of piperidine rings is 1. The number of carbonyl (C=O) groups is 5. The SMILES string of the molecule is CC(C)C[C@@H](NC(=O)[C@@H]1CCCN1C(=O)C1CCN(C(=O)[C@@H]2CCCN2)CC1)C(=O)NCC(N)=O. The highest BCUT2D eigenvalue weighted by molar-refractivity contribution is 5.94. The van der Waals surface area contributed by atoms with E-state index in [0.717, 1.165) is 25.8 Å². The van der Waals surface area contributed by atoms with Gasteiger partial charge in [0.05, 0.1) is 12.6 Å². The van der Waals surface area contributed by atoms with E-state index in [1.165, 1.54) is 0 Å².